The number of nitrogens with two attached hydrogens (primary N) is 1. The van der Waals surface area contributed by atoms with Gasteiger partial charge in [-0.2, -0.15) is 4.31 Å². The Morgan fingerprint density at radius 3 is 2.30 bits per heavy atom. The van der Waals surface area contributed by atoms with E-state index in [9.17, 15) is 13.2 Å². The molecule has 0 saturated heterocycles. The predicted octanol–water partition coefficient (Wildman–Crippen LogP) is 2.68. The number of halogens is 1. The minimum Gasteiger partial charge on any atom is -0.467 e. The van der Waals surface area contributed by atoms with Crippen molar-refractivity contribution >= 4 is 28.3 Å². The maximum atomic E-state index is 12.5. The number of hydrogen-bond acceptors (Lipinski definition) is 5. The molecule has 3 N–H and O–H groups in total. The van der Waals surface area contributed by atoms with Gasteiger partial charge in [-0.3, -0.25) is 4.79 Å². The third-order valence-corrected chi connectivity index (χ3v) is 6.25. The first-order valence-electron chi connectivity index (χ1n) is 8.51. The van der Waals surface area contributed by atoms with Crippen molar-refractivity contribution in [3.05, 3.63) is 53.5 Å². The van der Waals surface area contributed by atoms with Crippen molar-refractivity contribution in [1.82, 2.24) is 9.62 Å². The Balaban J connectivity index is 0.00000364. The van der Waals surface area contributed by atoms with E-state index in [-0.39, 0.29) is 35.8 Å². The van der Waals surface area contributed by atoms with E-state index in [1.807, 2.05) is 6.92 Å². The van der Waals surface area contributed by atoms with Gasteiger partial charge in [0.15, 0.2) is 0 Å². The van der Waals surface area contributed by atoms with Crippen molar-refractivity contribution in [2.24, 2.45) is 5.73 Å². The van der Waals surface area contributed by atoms with Crippen molar-refractivity contribution in [2.75, 3.05) is 13.1 Å². The summed E-state index contributed by atoms with van der Waals surface area (Å²) in [5, 5.41) is 2.85. The van der Waals surface area contributed by atoms with Crippen molar-refractivity contribution < 1.29 is 17.6 Å². The van der Waals surface area contributed by atoms with Crippen molar-refractivity contribution in [3.8, 4) is 0 Å². The summed E-state index contributed by atoms with van der Waals surface area (Å²) in [6.45, 7) is 6.50. The molecule has 1 unspecified atom stereocenters. The van der Waals surface area contributed by atoms with Crippen LogP contribution in [0.15, 0.2) is 45.9 Å². The molecule has 27 heavy (non-hydrogen) atoms. The van der Waals surface area contributed by atoms with E-state index in [1.165, 1.54) is 10.6 Å². The van der Waals surface area contributed by atoms with E-state index in [2.05, 4.69) is 5.32 Å². The molecule has 0 saturated carbocycles. The molecule has 1 atom stereocenters. The maximum absolute atomic E-state index is 12.5. The average molecular weight is 416 g/mol. The molecular weight excluding hydrogens is 390 g/mol. The van der Waals surface area contributed by atoms with Gasteiger partial charge >= 0.3 is 0 Å². The van der Waals surface area contributed by atoms with E-state index >= 15 is 0 Å². The lowest BCUT2D eigenvalue weighted by molar-refractivity contribution is 0.0939. The third kappa shape index (κ3) is 5.32. The van der Waals surface area contributed by atoms with E-state index < -0.39 is 10.0 Å². The van der Waals surface area contributed by atoms with Gasteiger partial charge in [0.05, 0.1) is 23.0 Å². The largest absolute Gasteiger partial charge is 0.467 e. The van der Waals surface area contributed by atoms with Crippen molar-refractivity contribution in [2.45, 2.75) is 38.3 Å². The summed E-state index contributed by atoms with van der Waals surface area (Å²) in [7, 11) is -3.49. The maximum Gasteiger partial charge on any atom is 0.255 e. The second kappa shape index (κ2) is 9.89. The van der Waals surface area contributed by atoms with Gasteiger partial charge in [0.25, 0.3) is 5.91 Å². The Labute approximate surface area is 166 Å². The SMILES string of the molecule is CCN(CC)S(=O)(=O)c1ccc(C(C)NC(=O)c2coc(CN)c2)cc1.Cl. The highest BCUT2D eigenvalue weighted by atomic mass is 35.5. The number of benzene rings is 1. The average Bonchev–Trinajstić information content (AvgIpc) is 3.12. The summed E-state index contributed by atoms with van der Waals surface area (Å²) >= 11 is 0. The predicted molar refractivity (Wildman–Crippen MR) is 106 cm³/mol. The molecule has 1 aromatic carbocycles. The van der Waals surface area contributed by atoms with E-state index in [0.29, 0.717) is 24.4 Å². The Morgan fingerprint density at radius 2 is 1.81 bits per heavy atom. The lowest BCUT2D eigenvalue weighted by Crippen LogP contribution is -2.30. The summed E-state index contributed by atoms with van der Waals surface area (Å²) in [5.74, 6) is 0.259. The number of rotatable bonds is 8. The molecule has 0 radical (unpaired) electrons. The highest BCUT2D eigenvalue weighted by Crippen LogP contribution is 2.20. The molecule has 1 amide bonds. The Bertz CT molecular complexity index is 846. The van der Waals surface area contributed by atoms with E-state index in [1.54, 1.807) is 44.2 Å². The van der Waals surface area contributed by atoms with E-state index in [4.69, 9.17) is 10.2 Å². The summed E-state index contributed by atoms with van der Waals surface area (Å²) < 4.78 is 31.6. The van der Waals surface area contributed by atoms with Gasteiger partial charge in [0.1, 0.15) is 12.0 Å². The van der Waals surface area contributed by atoms with Gasteiger partial charge in [-0.25, -0.2) is 8.42 Å². The zero-order valence-corrected chi connectivity index (χ0v) is 17.3. The zero-order chi connectivity index (χ0) is 19.3. The fourth-order valence-electron chi connectivity index (χ4n) is 2.61. The lowest BCUT2D eigenvalue weighted by Gasteiger charge is -2.19. The molecule has 0 aliphatic heterocycles. The molecule has 0 bridgehead atoms. The van der Waals surface area contributed by atoms with Crippen LogP contribution in [0.5, 0.6) is 0 Å². The van der Waals surface area contributed by atoms with Crippen LogP contribution in [-0.4, -0.2) is 31.7 Å². The molecule has 2 rings (SSSR count). The Kier molecular flexibility index (Phi) is 8.49. The fraction of sp³-hybridized carbons (Fsp3) is 0.389. The summed E-state index contributed by atoms with van der Waals surface area (Å²) in [6, 6.07) is 7.86. The third-order valence-electron chi connectivity index (χ3n) is 4.19. The number of nitrogens with one attached hydrogen (secondary N) is 1. The summed E-state index contributed by atoms with van der Waals surface area (Å²) in [5.41, 5.74) is 6.67. The number of furan rings is 1. The normalized spacial score (nSPS) is 12.5. The molecule has 7 nitrogen and oxygen atoms in total. The number of carbonyl (C=O) groups is 1. The monoisotopic (exact) mass is 415 g/mol. The molecule has 2 aromatic rings. The van der Waals surface area contributed by atoms with Crippen LogP contribution >= 0.6 is 12.4 Å². The van der Waals surface area contributed by atoms with Crippen LogP contribution < -0.4 is 11.1 Å². The van der Waals surface area contributed by atoms with Crippen LogP contribution in [-0.2, 0) is 16.6 Å². The molecule has 0 aliphatic rings. The first kappa shape index (κ1) is 23.2. The van der Waals surface area contributed by atoms with Crippen LogP contribution in [0.1, 0.15) is 48.5 Å². The fourth-order valence-corrected chi connectivity index (χ4v) is 4.07. The molecule has 1 aromatic heterocycles. The molecule has 0 fully saturated rings. The molecule has 9 heteroatoms. The second-order valence-electron chi connectivity index (χ2n) is 5.86. The minimum absolute atomic E-state index is 0. The standard InChI is InChI=1S/C18H25N3O4S.ClH/c1-4-21(5-2)26(23,24)17-8-6-14(7-9-17)13(3)20-18(22)15-10-16(11-19)25-12-15;/h6-10,12-13H,4-5,11,19H2,1-3H3,(H,20,22);1H. The van der Waals surface area contributed by atoms with Gasteiger partial charge in [-0.1, -0.05) is 26.0 Å². The van der Waals surface area contributed by atoms with Crippen LogP contribution in [0.4, 0.5) is 0 Å². The molecule has 150 valence electrons. The number of amides is 1. The Morgan fingerprint density at radius 1 is 1.22 bits per heavy atom. The summed E-state index contributed by atoms with van der Waals surface area (Å²) in [6.07, 6.45) is 1.37. The van der Waals surface area contributed by atoms with E-state index in [0.717, 1.165) is 5.56 Å². The highest BCUT2D eigenvalue weighted by Gasteiger charge is 2.22. The number of carbonyl (C=O) groups excluding carboxylic acids is 1. The number of nitrogens with zero attached hydrogens (tertiary/aromatic N) is 1. The van der Waals surface area contributed by atoms with Gasteiger partial charge in [0.2, 0.25) is 10.0 Å². The summed E-state index contributed by atoms with van der Waals surface area (Å²) in [4.78, 5) is 12.5. The van der Waals surface area contributed by atoms with Gasteiger partial charge < -0.3 is 15.5 Å². The molecule has 0 spiro atoms. The second-order valence-corrected chi connectivity index (χ2v) is 7.80. The minimum atomic E-state index is -3.49. The van der Waals surface area contributed by atoms with Crippen LogP contribution in [0.2, 0.25) is 0 Å². The quantitative estimate of drug-likeness (QED) is 0.689. The first-order valence-corrected chi connectivity index (χ1v) is 9.95. The number of hydrogen-bond donors (Lipinski definition) is 2. The Hall–Kier alpha value is -1.87. The van der Waals surface area contributed by atoms with Gasteiger partial charge in [-0.15, -0.1) is 12.4 Å². The first-order chi connectivity index (χ1) is 12.3. The van der Waals surface area contributed by atoms with Crippen molar-refractivity contribution in [1.29, 1.82) is 0 Å². The van der Waals surface area contributed by atoms with Gasteiger partial charge in [-0.05, 0) is 30.7 Å². The zero-order valence-electron chi connectivity index (χ0n) is 15.6. The number of sulfonamides is 1. The van der Waals surface area contributed by atoms with Crippen LogP contribution in [0, 0.1) is 0 Å². The van der Waals surface area contributed by atoms with Crippen molar-refractivity contribution in [3.63, 3.8) is 0 Å². The van der Waals surface area contributed by atoms with Crippen LogP contribution in [0.25, 0.3) is 0 Å². The highest BCUT2D eigenvalue weighted by molar-refractivity contribution is 7.89. The van der Waals surface area contributed by atoms with Crippen LogP contribution in [0.3, 0.4) is 0 Å². The smallest absolute Gasteiger partial charge is 0.255 e. The molecule has 1 heterocycles. The molecule has 0 aliphatic carbocycles. The topological polar surface area (TPSA) is 106 Å². The molecular formula is C18H26ClN3O4S. The lowest BCUT2D eigenvalue weighted by atomic mass is 10.1. The van der Waals surface area contributed by atoms with Gasteiger partial charge in [0, 0.05) is 13.1 Å².